The summed E-state index contributed by atoms with van der Waals surface area (Å²) in [6.07, 6.45) is 1.65. The van der Waals surface area contributed by atoms with Gasteiger partial charge in [0.2, 0.25) is 23.5 Å². The summed E-state index contributed by atoms with van der Waals surface area (Å²) in [7, 11) is 0. The number of rotatable bonds is 6. The van der Waals surface area contributed by atoms with Crippen molar-refractivity contribution in [2.45, 2.75) is 32.6 Å². The van der Waals surface area contributed by atoms with E-state index in [4.69, 9.17) is 4.52 Å². The van der Waals surface area contributed by atoms with Crippen LogP contribution in [0.2, 0.25) is 0 Å². The van der Waals surface area contributed by atoms with E-state index in [1.54, 1.807) is 29.2 Å². The number of carbonyl (C=O) groups excluding carboxylic acids is 3. The molecule has 0 saturated carbocycles. The van der Waals surface area contributed by atoms with Gasteiger partial charge < -0.3 is 20.1 Å². The summed E-state index contributed by atoms with van der Waals surface area (Å²) in [6, 6.07) is 14.4. The molecule has 0 unspecified atom stereocenters. The van der Waals surface area contributed by atoms with Crippen LogP contribution in [0.25, 0.3) is 11.4 Å². The van der Waals surface area contributed by atoms with E-state index in [9.17, 15) is 14.4 Å². The molecule has 1 saturated heterocycles. The lowest BCUT2D eigenvalue weighted by atomic mass is 9.98. The fourth-order valence-electron chi connectivity index (χ4n) is 3.90. The summed E-state index contributed by atoms with van der Waals surface area (Å²) in [6.45, 7) is 4.43. The molecule has 176 valence electrons. The molecule has 0 radical (unpaired) electrons. The Kier molecular flexibility index (Phi) is 7.01. The minimum absolute atomic E-state index is 0.0604. The first kappa shape index (κ1) is 23.2. The first-order chi connectivity index (χ1) is 16.4. The Bertz CT molecular complexity index is 1170. The molecule has 4 rings (SSSR count). The Balaban J connectivity index is 1.34. The Labute approximate surface area is 197 Å². The molecule has 3 amide bonds. The van der Waals surface area contributed by atoms with Gasteiger partial charge in [0.05, 0.1) is 12.5 Å². The quantitative estimate of drug-likeness (QED) is 0.582. The Morgan fingerprint density at radius 1 is 1.09 bits per heavy atom. The normalized spacial score (nSPS) is 15.6. The van der Waals surface area contributed by atoms with Gasteiger partial charge in [-0.3, -0.25) is 14.4 Å². The van der Waals surface area contributed by atoms with Crippen molar-refractivity contribution in [2.75, 3.05) is 25.0 Å². The second-order valence-electron chi connectivity index (χ2n) is 8.44. The van der Waals surface area contributed by atoms with Gasteiger partial charge >= 0.3 is 0 Å². The molecule has 1 fully saturated rings. The zero-order valence-electron chi connectivity index (χ0n) is 19.2. The lowest BCUT2D eigenvalue weighted by Crippen LogP contribution is -2.44. The topological polar surface area (TPSA) is 117 Å². The number of benzene rings is 2. The highest BCUT2D eigenvalue weighted by Gasteiger charge is 2.29. The summed E-state index contributed by atoms with van der Waals surface area (Å²) in [5, 5.41) is 9.51. The number of aryl methyl sites for hydroxylation is 1. The van der Waals surface area contributed by atoms with Gasteiger partial charge in [-0.25, -0.2) is 0 Å². The lowest BCUT2D eigenvalue weighted by Gasteiger charge is -2.31. The molecular weight excluding hydrogens is 434 g/mol. The first-order valence-electron chi connectivity index (χ1n) is 11.2. The molecule has 1 aliphatic rings. The van der Waals surface area contributed by atoms with Crippen LogP contribution >= 0.6 is 0 Å². The minimum Gasteiger partial charge on any atom is -0.343 e. The number of piperidine rings is 1. The number of aromatic nitrogens is 2. The number of nitrogens with zero attached hydrogens (tertiary/aromatic N) is 3. The Morgan fingerprint density at radius 3 is 2.53 bits per heavy atom. The molecule has 0 aliphatic carbocycles. The number of carbonyl (C=O) groups is 3. The average molecular weight is 462 g/mol. The van der Waals surface area contributed by atoms with Crippen LogP contribution in [0.4, 0.5) is 5.69 Å². The first-order valence-corrected chi connectivity index (χ1v) is 11.2. The van der Waals surface area contributed by atoms with Crippen molar-refractivity contribution in [1.82, 2.24) is 20.4 Å². The van der Waals surface area contributed by atoms with Gasteiger partial charge in [-0.2, -0.15) is 4.98 Å². The van der Waals surface area contributed by atoms with Crippen LogP contribution in [-0.4, -0.2) is 52.4 Å². The zero-order valence-corrected chi connectivity index (χ0v) is 19.2. The van der Waals surface area contributed by atoms with Crippen molar-refractivity contribution in [3.05, 3.63) is 65.5 Å². The molecule has 0 bridgehead atoms. The third kappa shape index (κ3) is 5.67. The van der Waals surface area contributed by atoms with Gasteiger partial charge in [-0.1, -0.05) is 22.9 Å². The van der Waals surface area contributed by atoms with Gasteiger partial charge in [0.25, 0.3) is 5.91 Å². The lowest BCUT2D eigenvalue weighted by molar-refractivity contribution is -0.131. The molecule has 1 aliphatic heterocycles. The van der Waals surface area contributed by atoms with Crippen LogP contribution in [0, 0.1) is 6.92 Å². The van der Waals surface area contributed by atoms with E-state index in [1.807, 2.05) is 31.2 Å². The molecular formula is C25H27N5O4. The number of hydrogen-bond acceptors (Lipinski definition) is 6. The smallest absolute Gasteiger partial charge is 0.251 e. The highest BCUT2D eigenvalue weighted by Crippen LogP contribution is 2.28. The SMILES string of the molecule is CC(=O)Nc1ccc(-c2noc([C@@H]3CCCN(C(=O)CNC(=O)c4ccc(C)cc4)C3)n2)cc1. The predicted octanol–water partition coefficient (Wildman–Crippen LogP) is 3.14. The number of amides is 3. The maximum Gasteiger partial charge on any atom is 0.251 e. The van der Waals surface area contributed by atoms with Gasteiger partial charge in [0.1, 0.15) is 0 Å². The third-order valence-corrected chi connectivity index (χ3v) is 5.74. The highest BCUT2D eigenvalue weighted by molar-refractivity contribution is 5.96. The monoisotopic (exact) mass is 461 g/mol. The molecule has 34 heavy (non-hydrogen) atoms. The second kappa shape index (κ2) is 10.3. The fraction of sp³-hybridized carbons (Fsp3) is 0.320. The van der Waals surface area contributed by atoms with Crippen LogP contribution in [0.15, 0.2) is 53.1 Å². The van der Waals surface area contributed by atoms with E-state index < -0.39 is 0 Å². The summed E-state index contributed by atoms with van der Waals surface area (Å²) in [5.41, 5.74) is 3.05. The minimum atomic E-state index is -0.270. The third-order valence-electron chi connectivity index (χ3n) is 5.74. The summed E-state index contributed by atoms with van der Waals surface area (Å²) >= 11 is 0. The molecule has 3 aromatic rings. The predicted molar refractivity (Wildman–Crippen MR) is 126 cm³/mol. The number of likely N-dealkylation sites (tertiary alicyclic amines) is 1. The molecule has 1 aromatic heterocycles. The van der Waals surface area contributed by atoms with Crippen LogP contribution in [-0.2, 0) is 9.59 Å². The summed E-state index contributed by atoms with van der Waals surface area (Å²) in [4.78, 5) is 42.5. The fourth-order valence-corrected chi connectivity index (χ4v) is 3.90. The molecule has 2 heterocycles. The van der Waals surface area contributed by atoms with Crippen molar-refractivity contribution in [3.63, 3.8) is 0 Å². The van der Waals surface area contributed by atoms with Crippen molar-refractivity contribution in [1.29, 1.82) is 0 Å². The van der Waals surface area contributed by atoms with Gasteiger partial charge in [-0.05, 0) is 56.2 Å². The number of hydrogen-bond donors (Lipinski definition) is 2. The molecule has 1 atom stereocenters. The van der Waals surface area contributed by atoms with Crippen LogP contribution in [0.5, 0.6) is 0 Å². The summed E-state index contributed by atoms with van der Waals surface area (Å²) < 4.78 is 5.51. The second-order valence-corrected chi connectivity index (χ2v) is 8.44. The highest BCUT2D eigenvalue weighted by atomic mass is 16.5. The molecule has 9 heteroatoms. The molecule has 2 aromatic carbocycles. The standard InChI is InChI=1S/C25H27N5O4/c1-16-5-7-19(8-6-16)24(33)26-14-22(32)30-13-3-4-20(15-30)25-28-23(29-34-25)18-9-11-21(12-10-18)27-17(2)31/h5-12,20H,3-4,13-15H2,1-2H3,(H,26,33)(H,27,31)/t20-/m1/s1. The Morgan fingerprint density at radius 2 is 1.82 bits per heavy atom. The zero-order chi connectivity index (χ0) is 24.1. The molecule has 9 nitrogen and oxygen atoms in total. The van der Waals surface area contributed by atoms with E-state index in [0.29, 0.717) is 36.1 Å². The van der Waals surface area contributed by atoms with E-state index in [1.165, 1.54) is 6.92 Å². The van der Waals surface area contributed by atoms with Crippen LogP contribution in [0.1, 0.15) is 47.5 Å². The van der Waals surface area contributed by atoms with Crippen molar-refractivity contribution in [3.8, 4) is 11.4 Å². The van der Waals surface area contributed by atoms with Crippen molar-refractivity contribution in [2.24, 2.45) is 0 Å². The van der Waals surface area contributed by atoms with Gasteiger partial charge in [0.15, 0.2) is 0 Å². The van der Waals surface area contributed by atoms with Gasteiger partial charge in [-0.15, -0.1) is 0 Å². The van der Waals surface area contributed by atoms with E-state index >= 15 is 0 Å². The average Bonchev–Trinajstić information content (AvgIpc) is 3.33. The van der Waals surface area contributed by atoms with Crippen molar-refractivity contribution < 1.29 is 18.9 Å². The van der Waals surface area contributed by atoms with Crippen LogP contribution in [0.3, 0.4) is 0 Å². The Hall–Kier alpha value is -4.01. The number of nitrogens with one attached hydrogen (secondary N) is 2. The van der Waals surface area contributed by atoms with E-state index in [0.717, 1.165) is 24.0 Å². The maximum atomic E-state index is 12.7. The number of anilines is 1. The van der Waals surface area contributed by atoms with Gasteiger partial charge in [0, 0.05) is 36.8 Å². The largest absolute Gasteiger partial charge is 0.343 e. The van der Waals surface area contributed by atoms with Crippen LogP contribution < -0.4 is 10.6 Å². The maximum absolute atomic E-state index is 12.7. The summed E-state index contributed by atoms with van der Waals surface area (Å²) in [5.74, 6) is 0.331. The van der Waals surface area contributed by atoms with E-state index in [2.05, 4.69) is 20.8 Å². The molecule has 2 N–H and O–H groups in total. The van der Waals surface area contributed by atoms with Crippen molar-refractivity contribution >= 4 is 23.4 Å². The van der Waals surface area contributed by atoms with E-state index in [-0.39, 0.29) is 30.2 Å². The molecule has 0 spiro atoms.